The zero-order valence-electron chi connectivity index (χ0n) is 14.9. The van der Waals surface area contributed by atoms with Gasteiger partial charge in [-0.25, -0.2) is 8.42 Å². The summed E-state index contributed by atoms with van der Waals surface area (Å²) in [4.78, 5) is 14.4. The van der Waals surface area contributed by atoms with Crippen molar-refractivity contribution in [2.24, 2.45) is 0 Å². The maximum atomic E-state index is 13.2. The minimum atomic E-state index is -3.88. The van der Waals surface area contributed by atoms with E-state index in [0.717, 1.165) is 4.31 Å². The number of likely N-dealkylation sites (N-methyl/N-ethyl adjacent to an activating group) is 1. The molecule has 0 N–H and O–H groups in total. The van der Waals surface area contributed by atoms with Gasteiger partial charge in [0, 0.05) is 12.7 Å². The summed E-state index contributed by atoms with van der Waals surface area (Å²) in [5, 5.41) is 0. The standard InChI is InChI=1S/C21H20N2O3S/c1-22(18-11-5-2-6-12-18)21(24)17-23(19-13-7-3-8-14-19)27(25,26)20-15-9-4-10-16-20/h2-16H,17H2,1H3. The van der Waals surface area contributed by atoms with E-state index in [1.54, 1.807) is 67.7 Å². The van der Waals surface area contributed by atoms with Crippen LogP contribution in [0.1, 0.15) is 0 Å². The fourth-order valence-corrected chi connectivity index (χ4v) is 4.09. The number of hydrogen-bond acceptors (Lipinski definition) is 3. The number of nitrogens with zero attached hydrogens (tertiary/aromatic N) is 2. The van der Waals surface area contributed by atoms with E-state index in [9.17, 15) is 13.2 Å². The number of hydrogen-bond donors (Lipinski definition) is 0. The summed E-state index contributed by atoms with van der Waals surface area (Å²) in [5.41, 5.74) is 1.14. The predicted octanol–water partition coefficient (Wildman–Crippen LogP) is 3.54. The second-order valence-electron chi connectivity index (χ2n) is 5.95. The Bertz CT molecular complexity index is 991. The molecule has 0 aliphatic carbocycles. The number of carbonyl (C=O) groups excluding carboxylic acids is 1. The number of amides is 1. The topological polar surface area (TPSA) is 57.7 Å². The normalized spacial score (nSPS) is 11.0. The van der Waals surface area contributed by atoms with Crippen molar-refractivity contribution in [3.05, 3.63) is 91.0 Å². The lowest BCUT2D eigenvalue weighted by atomic mass is 10.3. The Hall–Kier alpha value is -3.12. The van der Waals surface area contributed by atoms with E-state index in [0.29, 0.717) is 11.4 Å². The summed E-state index contributed by atoms with van der Waals surface area (Å²) in [6.07, 6.45) is 0. The quantitative estimate of drug-likeness (QED) is 0.657. The molecule has 0 unspecified atom stereocenters. The van der Waals surface area contributed by atoms with Crippen molar-refractivity contribution in [3.8, 4) is 0 Å². The summed E-state index contributed by atoms with van der Waals surface area (Å²) >= 11 is 0. The van der Waals surface area contributed by atoms with Gasteiger partial charge in [0.25, 0.3) is 10.0 Å². The van der Waals surface area contributed by atoms with E-state index >= 15 is 0 Å². The monoisotopic (exact) mass is 380 g/mol. The van der Waals surface area contributed by atoms with E-state index in [4.69, 9.17) is 0 Å². The van der Waals surface area contributed by atoms with E-state index in [1.807, 2.05) is 18.2 Å². The van der Waals surface area contributed by atoms with Gasteiger partial charge in [0.15, 0.2) is 0 Å². The molecule has 3 aromatic rings. The summed E-state index contributed by atoms with van der Waals surface area (Å²) in [6.45, 7) is -0.299. The van der Waals surface area contributed by atoms with Gasteiger partial charge in [-0.15, -0.1) is 0 Å². The smallest absolute Gasteiger partial charge is 0.264 e. The van der Waals surface area contributed by atoms with Gasteiger partial charge in [-0.3, -0.25) is 9.10 Å². The molecule has 0 saturated heterocycles. The third kappa shape index (κ3) is 4.17. The molecule has 0 aromatic heterocycles. The molecule has 0 fully saturated rings. The molecule has 1 amide bonds. The lowest BCUT2D eigenvalue weighted by Crippen LogP contribution is -2.41. The number of carbonyl (C=O) groups is 1. The molecule has 3 aromatic carbocycles. The first kappa shape index (κ1) is 18.7. The first-order valence-corrected chi connectivity index (χ1v) is 9.88. The summed E-state index contributed by atoms with van der Waals surface area (Å²) in [7, 11) is -2.24. The number of anilines is 2. The highest BCUT2D eigenvalue weighted by Gasteiger charge is 2.28. The summed E-state index contributed by atoms with van der Waals surface area (Å²) in [6, 6.07) is 25.9. The van der Waals surface area contributed by atoms with Gasteiger partial charge in [0.1, 0.15) is 6.54 Å². The molecular formula is C21H20N2O3S. The van der Waals surface area contributed by atoms with E-state index < -0.39 is 10.0 Å². The van der Waals surface area contributed by atoms with Crippen LogP contribution in [0.25, 0.3) is 0 Å². The second-order valence-corrected chi connectivity index (χ2v) is 7.81. The van der Waals surface area contributed by atoms with Crippen molar-refractivity contribution in [1.82, 2.24) is 0 Å². The number of rotatable bonds is 6. The fourth-order valence-electron chi connectivity index (χ4n) is 2.65. The lowest BCUT2D eigenvalue weighted by Gasteiger charge is -2.26. The Kier molecular flexibility index (Phi) is 5.57. The molecule has 0 atom stereocenters. The Labute approximate surface area is 159 Å². The highest BCUT2D eigenvalue weighted by Crippen LogP contribution is 2.24. The number of sulfonamides is 1. The van der Waals surface area contributed by atoms with Crippen molar-refractivity contribution in [2.45, 2.75) is 4.90 Å². The van der Waals surface area contributed by atoms with E-state index in [1.165, 1.54) is 17.0 Å². The van der Waals surface area contributed by atoms with Crippen molar-refractivity contribution >= 4 is 27.3 Å². The highest BCUT2D eigenvalue weighted by atomic mass is 32.2. The van der Waals surface area contributed by atoms with Crippen LogP contribution in [-0.4, -0.2) is 27.9 Å². The Morgan fingerprint density at radius 1 is 0.741 bits per heavy atom. The molecule has 6 heteroatoms. The largest absolute Gasteiger partial charge is 0.314 e. The van der Waals surface area contributed by atoms with Gasteiger partial charge in [0.2, 0.25) is 5.91 Å². The second kappa shape index (κ2) is 8.05. The van der Waals surface area contributed by atoms with Crippen LogP contribution in [0.2, 0.25) is 0 Å². The van der Waals surface area contributed by atoms with Crippen LogP contribution in [0.5, 0.6) is 0 Å². The fraction of sp³-hybridized carbons (Fsp3) is 0.0952. The van der Waals surface area contributed by atoms with E-state index in [-0.39, 0.29) is 17.3 Å². The molecule has 3 rings (SSSR count). The Balaban J connectivity index is 1.95. The van der Waals surface area contributed by atoms with Gasteiger partial charge < -0.3 is 4.90 Å². The van der Waals surface area contributed by atoms with Gasteiger partial charge in [0.05, 0.1) is 10.6 Å². The van der Waals surface area contributed by atoms with Gasteiger partial charge >= 0.3 is 0 Å². The number of para-hydroxylation sites is 2. The van der Waals surface area contributed by atoms with Gasteiger partial charge in [-0.2, -0.15) is 0 Å². The van der Waals surface area contributed by atoms with Crippen LogP contribution >= 0.6 is 0 Å². The zero-order valence-corrected chi connectivity index (χ0v) is 15.7. The minimum absolute atomic E-state index is 0.143. The molecular weight excluding hydrogens is 360 g/mol. The molecule has 0 spiro atoms. The molecule has 138 valence electrons. The average Bonchev–Trinajstić information content (AvgIpc) is 2.73. The van der Waals surface area contributed by atoms with Crippen molar-refractivity contribution in [3.63, 3.8) is 0 Å². The van der Waals surface area contributed by atoms with Crippen LogP contribution in [0, 0.1) is 0 Å². The third-order valence-corrected chi connectivity index (χ3v) is 5.96. The van der Waals surface area contributed by atoms with Crippen LogP contribution < -0.4 is 9.21 Å². The van der Waals surface area contributed by atoms with Gasteiger partial charge in [-0.05, 0) is 36.4 Å². The number of benzene rings is 3. The molecule has 27 heavy (non-hydrogen) atoms. The first-order chi connectivity index (χ1) is 13.0. The van der Waals surface area contributed by atoms with Crippen LogP contribution in [0.3, 0.4) is 0 Å². The first-order valence-electron chi connectivity index (χ1n) is 8.44. The van der Waals surface area contributed by atoms with Crippen LogP contribution in [0.15, 0.2) is 95.9 Å². The molecule has 0 heterocycles. The van der Waals surface area contributed by atoms with Crippen molar-refractivity contribution < 1.29 is 13.2 Å². The Morgan fingerprint density at radius 2 is 1.19 bits per heavy atom. The highest BCUT2D eigenvalue weighted by molar-refractivity contribution is 7.92. The molecule has 0 bridgehead atoms. The Morgan fingerprint density at radius 3 is 1.70 bits per heavy atom. The molecule has 0 radical (unpaired) electrons. The zero-order chi connectivity index (χ0) is 19.3. The molecule has 0 aliphatic heterocycles. The average molecular weight is 380 g/mol. The van der Waals surface area contributed by atoms with Crippen molar-refractivity contribution in [1.29, 1.82) is 0 Å². The van der Waals surface area contributed by atoms with Crippen LogP contribution in [-0.2, 0) is 14.8 Å². The molecule has 5 nitrogen and oxygen atoms in total. The summed E-state index contributed by atoms with van der Waals surface area (Å²) in [5.74, 6) is -0.329. The minimum Gasteiger partial charge on any atom is -0.314 e. The van der Waals surface area contributed by atoms with Gasteiger partial charge in [-0.1, -0.05) is 54.6 Å². The predicted molar refractivity (Wildman–Crippen MR) is 107 cm³/mol. The molecule has 0 saturated carbocycles. The van der Waals surface area contributed by atoms with Crippen LogP contribution in [0.4, 0.5) is 11.4 Å². The maximum Gasteiger partial charge on any atom is 0.264 e. The molecule has 0 aliphatic rings. The third-order valence-electron chi connectivity index (χ3n) is 4.17. The lowest BCUT2D eigenvalue weighted by molar-refractivity contribution is -0.116. The van der Waals surface area contributed by atoms with Crippen molar-refractivity contribution in [2.75, 3.05) is 22.8 Å². The summed E-state index contributed by atoms with van der Waals surface area (Å²) < 4.78 is 27.5. The van der Waals surface area contributed by atoms with E-state index in [2.05, 4.69) is 0 Å². The maximum absolute atomic E-state index is 13.2. The SMILES string of the molecule is CN(C(=O)CN(c1ccccc1)S(=O)(=O)c1ccccc1)c1ccccc1.